The minimum atomic E-state index is -0.413. The molecule has 1 aliphatic heterocycles. The van der Waals surface area contributed by atoms with Gasteiger partial charge in [0.05, 0.1) is 0 Å². The fourth-order valence-electron chi connectivity index (χ4n) is 2.77. The lowest BCUT2D eigenvalue weighted by molar-refractivity contribution is 0.0285. The topological polar surface area (TPSA) is 32.8 Å². The summed E-state index contributed by atoms with van der Waals surface area (Å²) < 4.78 is 5.46. The summed E-state index contributed by atoms with van der Waals surface area (Å²) in [5.41, 5.74) is -0.413. The van der Waals surface area contributed by atoms with Gasteiger partial charge in [0, 0.05) is 31.1 Å². The molecule has 1 atom stereocenters. The van der Waals surface area contributed by atoms with Crippen molar-refractivity contribution in [2.24, 2.45) is 5.92 Å². The van der Waals surface area contributed by atoms with E-state index in [-0.39, 0.29) is 6.09 Å². The highest BCUT2D eigenvalue weighted by Crippen LogP contribution is 2.21. The summed E-state index contributed by atoms with van der Waals surface area (Å²) in [6, 6.07) is 4.29. The van der Waals surface area contributed by atoms with Crippen molar-refractivity contribution in [3.63, 3.8) is 0 Å². The first-order valence-electron chi connectivity index (χ1n) is 8.10. The Bertz CT molecular complexity index is 468. The van der Waals surface area contributed by atoms with Crippen LogP contribution in [-0.2, 0) is 11.3 Å². The Morgan fingerprint density at radius 2 is 2.27 bits per heavy atom. The molecule has 0 unspecified atom stereocenters. The zero-order valence-corrected chi connectivity index (χ0v) is 15.0. The maximum atomic E-state index is 12.1. The third-order valence-corrected chi connectivity index (χ3v) is 4.72. The van der Waals surface area contributed by atoms with Crippen LogP contribution < -0.4 is 0 Å². The van der Waals surface area contributed by atoms with Gasteiger partial charge in [-0.1, -0.05) is 13.0 Å². The molecule has 1 amide bonds. The van der Waals surface area contributed by atoms with Gasteiger partial charge in [-0.2, -0.15) is 0 Å². The molecule has 124 valence electrons. The number of likely N-dealkylation sites (tertiary alicyclic amines) is 1. The van der Waals surface area contributed by atoms with Crippen LogP contribution in [0.5, 0.6) is 0 Å². The van der Waals surface area contributed by atoms with E-state index >= 15 is 0 Å². The van der Waals surface area contributed by atoms with E-state index in [4.69, 9.17) is 4.74 Å². The summed E-state index contributed by atoms with van der Waals surface area (Å²) in [5.74, 6) is 0.549. The second kappa shape index (κ2) is 7.47. The fraction of sp³-hybridized carbons (Fsp3) is 0.706. The predicted octanol–water partition coefficient (Wildman–Crippen LogP) is 3.83. The molecule has 1 saturated heterocycles. The van der Waals surface area contributed by atoms with Gasteiger partial charge in [0.1, 0.15) is 5.60 Å². The van der Waals surface area contributed by atoms with Crippen LogP contribution in [0.2, 0.25) is 0 Å². The van der Waals surface area contributed by atoms with Crippen molar-refractivity contribution in [1.29, 1.82) is 0 Å². The molecule has 0 radical (unpaired) electrons. The molecule has 1 aliphatic rings. The predicted molar refractivity (Wildman–Crippen MR) is 91.2 cm³/mol. The standard InChI is InChI=1S/C17H28N2O2S/c1-5-18(13-15-7-6-10-22-15)11-14-8-9-19(12-14)16(20)21-17(2,3)4/h6-7,10,14H,5,8-9,11-13H2,1-4H3/t14-/m1/s1. The maximum absolute atomic E-state index is 12.1. The van der Waals surface area contributed by atoms with Crippen LogP contribution in [-0.4, -0.2) is 47.7 Å². The van der Waals surface area contributed by atoms with E-state index < -0.39 is 5.60 Å². The van der Waals surface area contributed by atoms with Crippen LogP contribution in [0.4, 0.5) is 4.79 Å². The summed E-state index contributed by atoms with van der Waals surface area (Å²) in [5, 5.41) is 2.13. The van der Waals surface area contributed by atoms with E-state index in [1.54, 1.807) is 0 Å². The molecule has 2 heterocycles. The lowest BCUT2D eigenvalue weighted by atomic mass is 10.1. The quantitative estimate of drug-likeness (QED) is 0.825. The first-order chi connectivity index (χ1) is 10.4. The molecular formula is C17H28N2O2S. The van der Waals surface area contributed by atoms with Crippen molar-refractivity contribution in [3.05, 3.63) is 22.4 Å². The minimum absolute atomic E-state index is 0.170. The van der Waals surface area contributed by atoms with Crippen LogP contribution in [0.3, 0.4) is 0 Å². The highest BCUT2D eigenvalue weighted by molar-refractivity contribution is 7.09. The average Bonchev–Trinajstić information content (AvgIpc) is 3.07. The Morgan fingerprint density at radius 3 is 2.86 bits per heavy atom. The molecule has 22 heavy (non-hydrogen) atoms. The smallest absolute Gasteiger partial charge is 0.410 e. The molecule has 1 aromatic heterocycles. The number of ether oxygens (including phenoxy) is 1. The highest BCUT2D eigenvalue weighted by Gasteiger charge is 2.30. The first-order valence-corrected chi connectivity index (χ1v) is 8.98. The molecule has 2 rings (SSSR count). The largest absolute Gasteiger partial charge is 0.444 e. The van der Waals surface area contributed by atoms with Gasteiger partial charge >= 0.3 is 6.09 Å². The molecule has 4 nitrogen and oxygen atoms in total. The molecule has 5 heteroatoms. The molecule has 0 aliphatic carbocycles. The molecule has 0 bridgehead atoms. The van der Waals surface area contributed by atoms with Crippen LogP contribution >= 0.6 is 11.3 Å². The number of hydrogen-bond acceptors (Lipinski definition) is 4. The molecule has 0 N–H and O–H groups in total. The minimum Gasteiger partial charge on any atom is -0.444 e. The number of rotatable bonds is 5. The second-order valence-corrected chi connectivity index (χ2v) is 8.02. The number of carbonyl (C=O) groups excluding carboxylic acids is 1. The molecule has 0 spiro atoms. The van der Waals surface area contributed by atoms with Gasteiger partial charge in [0.15, 0.2) is 0 Å². The molecule has 1 aromatic rings. The number of hydrogen-bond donors (Lipinski definition) is 0. The van der Waals surface area contributed by atoms with Crippen molar-refractivity contribution < 1.29 is 9.53 Å². The number of nitrogens with zero attached hydrogens (tertiary/aromatic N) is 2. The molecular weight excluding hydrogens is 296 g/mol. The van der Waals surface area contributed by atoms with Crippen LogP contribution in [0.15, 0.2) is 17.5 Å². The van der Waals surface area contributed by atoms with Crippen LogP contribution in [0.25, 0.3) is 0 Å². The fourth-order valence-corrected chi connectivity index (χ4v) is 3.51. The van der Waals surface area contributed by atoms with Crippen LogP contribution in [0.1, 0.15) is 39.0 Å². The zero-order valence-electron chi connectivity index (χ0n) is 14.2. The van der Waals surface area contributed by atoms with E-state index in [9.17, 15) is 4.79 Å². The van der Waals surface area contributed by atoms with E-state index in [1.165, 1.54) is 4.88 Å². The lowest BCUT2D eigenvalue weighted by Gasteiger charge is -2.26. The van der Waals surface area contributed by atoms with Gasteiger partial charge in [-0.3, -0.25) is 4.90 Å². The second-order valence-electron chi connectivity index (χ2n) is 6.99. The lowest BCUT2D eigenvalue weighted by Crippen LogP contribution is -2.36. The summed E-state index contributed by atoms with van der Waals surface area (Å²) in [7, 11) is 0. The SMILES string of the molecule is CCN(Cc1cccs1)C[C@H]1CCN(C(=O)OC(C)(C)C)C1. The summed E-state index contributed by atoms with van der Waals surface area (Å²) in [6.07, 6.45) is 0.900. The zero-order chi connectivity index (χ0) is 16.2. The number of thiophene rings is 1. The van der Waals surface area contributed by atoms with Gasteiger partial charge in [-0.05, 0) is 51.1 Å². The molecule has 0 saturated carbocycles. The Labute approximate surface area is 138 Å². The molecule has 1 fully saturated rings. The molecule has 0 aromatic carbocycles. The summed E-state index contributed by atoms with van der Waals surface area (Å²) in [6.45, 7) is 12.7. The normalized spacial score (nSPS) is 19.0. The highest BCUT2D eigenvalue weighted by atomic mass is 32.1. The number of carbonyl (C=O) groups is 1. The van der Waals surface area contributed by atoms with E-state index in [2.05, 4.69) is 29.3 Å². The van der Waals surface area contributed by atoms with Crippen molar-refractivity contribution >= 4 is 17.4 Å². The van der Waals surface area contributed by atoms with Crippen LogP contribution in [0, 0.1) is 5.92 Å². The van der Waals surface area contributed by atoms with E-state index in [0.717, 1.165) is 39.1 Å². The number of amides is 1. The van der Waals surface area contributed by atoms with E-state index in [1.807, 2.05) is 37.0 Å². The third kappa shape index (κ3) is 5.29. The monoisotopic (exact) mass is 324 g/mol. The Morgan fingerprint density at radius 1 is 1.50 bits per heavy atom. The van der Waals surface area contributed by atoms with Gasteiger partial charge in [0.25, 0.3) is 0 Å². The summed E-state index contributed by atoms with van der Waals surface area (Å²) >= 11 is 1.81. The third-order valence-electron chi connectivity index (χ3n) is 3.86. The van der Waals surface area contributed by atoms with Crippen molar-refractivity contribution in [2.45, 2.75) is 46.3 Å². The van der Waals surface area contributed by atoms with Gasteiger partial charge < -0.3 is 9.64 Å². The van der Waals surface area contributed by atoms with Gasteiger partial charge in [0.2, 0.25) is 0 Å². The van der Waals surface area contributed by atoms with Crippen molar-refractivity contribution in [3.8, 4) is 0 Å². The van der Waals surface area contributed by atoms with E-state index in [0.29, 0.717) is 5.92 Å². The van der Waals surface area contributed by atoms with Gasteiger partial charge in [-0.15, -0.1) is 11.3 Å². The first kappa shape index (κ1) is 17.3. The van der Waals surface area contributed by atoms with Crippen molar-refractivity contribution in [2.75, 3.05) is 26.2 Å². The average molecular weight is 324 g/mol. The summed E-state index contributed by atoms with van der Waals surface area (Å²) in [4.78, 5) is 17.8. The van der Waals surface area contributed by atoms with Gasteiger partial charge in [-0.25, -0.2) is 4.79 Å². The maximum Gasteiger partial charge on any atom is 0.410 e. The Balaban J connectivity index is 1.80. The Kier molecular flexibility index (Phi) is 5.87. The van der Waals surface area contributed by atoms with Crippen molar-refractivity contribution in [1.82, 2.24) is 9.80 Å². The Hall–Kier alpha value is -1.07.